The van der Waals surface area contributed by atoms with Gasteiger partial charge in [-0.1, -0.05) is 0 Å². The molecule has 134 valence electrons. The first-order chi connectivity index (χ1) is 12.6. The predicted octanol–water partition coefficient (Wildman–Crippen LogP) is 2.63. The highest BCUT2D eigenvalue weighted by Crippen LogP contribution is 2.22. The molecule has 1 atom stereocenters. The number of aromatic nitrogens is 4. The summed E-state index contributed by atoms with van der Waals surface area (Å²) >= 11 is 0. The van der Waals surface area contributed by atoms with Crippen LogP contribution in [0.1, 0.15) is 25.5 Å². The summed E-state index contributed by atoms with van der Waals surface area (Å²) in [5.41, 5.74) is 2.67. The van der Waals surface area contributed by atoms with E-state index in [0.29, 0.717) is 19.0 Å². The monoisotopic (exact) mass is 349 g/mol. The lowest BCUT2D eigenvalue weighted by Gasteiger charge is -2.19. The van der Waals surface area contributed by atoms with Gasteiger partial charge in [-0.15, -0.1) is 0 Å². The number of fused-ring (bicyclic) bond motifs is 1. The van der Waals surface area contributed by atoms with Gasteiger partial charge in [0.1, 0.15) is 0 Å². The summed E-state index contributed by atoms with van der Waals surface area (Å²) in [6, 6.07) is 4.55. The van der Waals surface area contributed by atoms with Crippen LogP contribution in [0, 0.1) is 0 Å². The van der Waals surface area contributed by atoms with Crippen LogP contribution in [0.2, 0.25) is 0 Å². The van der Waals surface area contributed by atoms with Crippen LogP contribution >= 0.6 is 0 Å². The lowest BCUT2D eigenvalue weighted by molar-refractivity contribution is -0.119. The fourth-order valence-electron chi connectivity index (χ4n) is 3.60. The van der Waals surface area contributed by atoms with Crippen molar-refractivity contribution >= 4 is 16.6 Å². The van der Waals surface area contributed by atoms with Crippen LogP contribution < -0.4 is 0 Å². The van der Waals surface area contributed by atoms with Gasteiger partial charge in [0.25, 0.3) is 0 Å². The van der Waals surface area contributed by atoms with Gasteiger partial charge in [-0.2, -0.15) is 5.10 Å². The van der Waals surface area contributed by atoms with E-state index in [0.717, 1.165) is 34.3 Å². The van der Waals surface area contributed by atoms with Crippen LogP contribution in [-0.2, 0) is 18.3 Å². The number of carbonyl (C=O) groups excluding carboxylic acids is 1. The van der Waals surface area contributed by atoms with Crippen molar-refractivity contribution < 1.29 is 4.79 Å². The number of likely N-dealkylation sites (tertiary alicyclic amines) is 1. The number of pyridine rings is 2. The van der Waals surface area contributed by atoms with Crippen LogP contribution in [-0.4, -0.2) is 49.6 Å². The Morgan fingerprint density at radius 1 is 1.19 bits per heavy atom. The molecule has 0 N–H and O–H groups in total. The number of ketones is 1. The Hall–Kier alpha value is -2.60. The molecule has 0 aliphatic carbocycles. The van der Waals surface area contributed by atoms with Gasteiger partial charge in [-0.25, -0.2) is 0 Å². The molecule has 3 aromatic heterocycles. The zero-order valence-corrected chi connectivity index (χ0v) is 15.2. The first-order valence-electron chi connectivity index (χ1n) is 9.08. The molecule has 1 saturated heterocycles. The SMILES string of the molecule is C[C@@H]1CCCN1CC(=O)Cc1cc2cc(-c3cnn(C)c3)ncc2cn1. The van der Waals surface area contributed by atoms with E-state index in [1.807, 2.05) is 31.6 Å². The van der Waals surface area contributed by atoms with Gasteiger partial charge in [0, 0.05) is 48.3 Å². The first-order valence-corrected chi connectivity index (χ1v) is 9.08. The maximum atomic E-state index is 12.4. The van der Waals surface area contributed by atoms with Gasteiger partial charge in [0.15, 0.2) is 5.78 Å². The zero-order valence-electron chi connectivity index (χ0n) is 15.2. The number of hydrogen-bond acceptors (Lipinski definition) is 5. The lowest BCUT2D eigenvalue weighted by atomic mass is 10.1. The van der Waals surface area contributed by atoms with Crippen LogP contribution in [0.15, 0.2) is 36.9 Å². The highest BCUT2D eigenvalue weighted by molar-refractivity contribution is 5.87. The third-order valence-electron chi connectivity index (χ3n) is 5.11. The Kier molecular flexibility index (Phi) is 4.51. The quantitative estimate of drug-likeness (QED) is 0.708. The molecule has 6 heteroatoms. The molecule has 0 amide bonds. The number of aryl methyl sites for hydroxylation is 1. The summed E-state index contributed by atoms with van der Waals surface area (Å²) in [5, 5.41) is 6.22. The molecule has 1 aliphatic rings. The molecule has 0 radical (unpaired) electrons. The van der Waals surface area contributed by atoms with Gasteiger partial charge < -0.3 is 0 Å². The summed E-state index contributed by atoms with van der Waals surface area (Å²) in [6.45, 7) is 3.75. The fraction of sp³-hybridized carbons (Fsp3) is 0.400. The summed E-state index contributed by atoms with van der Waals surface area (Å²) in [5.74, 6) is 0.229. The Bertz CT molecular complexity index is 948. The molecular formula is C20H23N5O. The van der Waals surface area contributed by atoms with E-state index in [1.165, 1.54) is 12.8 Å². The minimum absolute atomic E-state index is 0.229. The number of hydrogen-bond donors (Lipinski definition) is 0. The average Bonchev–Trinajstić information content (AvgIpc) is 3.23. The summed E-state index contributed by atoms with van der Waals surface area (Å²) in [6.07, 6.45) is 10.1. The summed E-state index contributed by atoms with van der Waals surface area (Å²) in [4.78, 5) is 23.6. The second-order valence-electron chi connectivity index (χ2n) is 7.17. The second kappa shape index (κ2) is 6.96. The summed E-state index contributed by atoms with van der Waals surface area (Å²) < 4.78 is 1.76. The second-order valence-corrected chi connectivity index (χ2v) is 7.17. The maximum absolute atomic E-state index is 12.4. The Balaban J connectivity index is 1.53. The molecule has 6 nitrogen and oxygen atoms in total. The molecule has 3 aromatic rings. The molecule has 0 unspecified atom stereocenters. The highest BCUT2D eigenvalue weighted by Gasteiger charge is 2.22. The van der Waals surface area contributed by atoms with E-state index in [2.05, 4.69) is 26.9 Å². The van der Waals surface area contributed by atoms with Crippen LogP contribution in [0.4, 0.5) is 0 Å². The molecule has 0 spiro atoms. The van der Waals surface area contributed by atoms with Crippen molar-refractivity contribution in [2.24, 2.45) is 7.05 Å². The van der Waals surface area contributed by atoms with E-state index < -0.39 is 0 Å². The Labute approximate surface area is 152 Å². The fourth-order valence-corrected chi connectivity index (χ4v) is 3.60. The van der Waals surface area contributed by atoms with Crippen molar-refractivity contribution in [2.75, 3.05) is 13.1 Å². The molecule has 0 aromatic carbocycles. The molecule has 0 saturated carbocycles. The third-order valence-corrected chi connectivity index (χ3v) is 5.11. The van der Waals surface area contributed by atoms with Crippen LogP contribution in [0.25, 0.3) is 22.0 Å². The molecule has 4 rings (SSSR count). The Morgan fingerprint density at radius 2 is 2.04 bits per heavy atom. The van der Waals surface area contributed by atoms with Crippen LogP contribution in [0.3, 0.4) is 0 Å². The maximum Gasteiger partial charge on any atom is 0.152 e. The Morgan fingerprint density at radius 3 is 2.77 bits per heavy atom. The normalized spacial score (nSPS) is 17.8. The van der Waals surface area contributed by atoms with Gasteiger partial charge >= 0.3 is 0 Å². The number of Topliss-reactive ketones (excluding diaryl/α,β-unsaturated/α-hetero) is 1. The third kappa shape index (κ3) is 3.51. The largest absolute Gasteiger partial charge is 0.298 e. The van der Waals surface area contributed by atoms with Crippen molar-refractivity contribution in [3.8, 4) is 11.3 Å². The zero-order chi connectivity index (χ0) is 18.1. The highest BCUT2D eigenvalue weighted by atomic mass is 16.1. The predicted molar refractivity (Wildman–Crippen MR) is 101 cm³/mol. The first kappa shape index (κ1) is 16.8. The standard InChI is InChI=1S/C20H23N5O/c1-14-4-3-5-25(14)13-19(26)8-18-6-15-7-20(17-11-23-24(2)12-17)22-10-16(15)9-21-18/h6-7,9-12,14H,3-5,8,13H2,1-2H3/t14-/m1/s1. The van der Waals surface area contributed by atoms with E-state index >= 15 is 0 Å². The van der Waals surface area contributed by atoms with Crippen molar-refractivity contribution in [3.05, 3.63) is 42.6 Å². The molecular weight excluding hydrogens is 326 g/mol. The number of rotatable bonds is 5. The smallest absolute Gasteiger partial charge is 0.152 e. The van der Waals surface area contributed by atoms with E-state index in [1.54, 1.807) is 17.1 Å². The molecule has 1 aliphatic heterocycles. The van der Waals surface area contributed by atoms with Crippen molar-refractivity contribution in [1.29, 1.82) is 0 Å². The number of carbonyl (C=O) groups is 1. The topological polar surface area (TPSA) is 63.9 Å². The number of nitrogens with zero attached hydrogens (tertiary/aromatic N) is 5. The molecule has 26 heavy (non-hydrogen) atoms. The van der Waals surface area contributed by atoms with E-state index in [-0.39, 0.29) is 5.78 Å². The molecule has 0 bridgehead atoms. The van der Waals surface area contributed by atoms with E-state index in [4.69, 9.17) is 0 Å². The molecule has 4 heterocycles. The van der Waals surface area contributed by atoms with Gasteiger partial charge in [0.2, 0.25) is 0 Å². The summed E-state index contributed by atoms with van der Waals surface area (Å²) in [7, 11) is 1.89. The van der Waals surface area contributed by atoms with Gasteiger partial charge in [-0.3, -0.25) is 24.3 Å². The van der Waals surface area contributed by atoms with Crippen molar-refractivity contribution in [2.45, 2.75) is 32.2 Å². The minimum Gasteiger partial charge on any atom is -0.298 e. The average molecular weight is 349 g/mol. The lowest BCUT2D eigenvalue weighted by Crippen LogP contribution is -2.33. The van der Waals surface area contributed by atoms with Crippen molar-refractivity contribution in [1.82, 2.24) is 24.6 Å². The van der Waals surface area contributed by atoms with Gasteiger partial charge in [0.05, 0.1) is 24.9 Å². The van der Waals surface area contributed by atoms with E-state index in [9.17, 15) is 4.79 Å². The van der Waals surface area contributed by atoms with Crippen molar-refractivity contribution in [3.63, 3.8) is 0 Å². The molecule has 1 fully saturated rings. The van der Waals surface area contributed by atoms with Gasteiger partial charge in [-0.05, 0) is 43.8 Å². The van der Waals surface area contributed by atoms with Crippen LogP contribution in [0.5, 0.6) is 0 Å². The minimum atomic E-state index is 0.229.